The Morgan fingerprint density at radius 3 is 2.48 bits per heavy atom. The van der Waals surface area contributed by atoms with Crippen LogP contribution in [-0.4, -0.2) is 43.5 Å². The zero-order chi connectivity index (χ0) is 16.8. The zero-order valence-electron chi connectivity index (χ0n) is 13.4. The molecule has 1 aromatic carbocycles. The molecule has 122 valence electrons. The first kappa shape index (κ1) is 16.9. The van der Waals surface area contributed by atoms with Gasteiger partial charge in [-0.15, -0.1) is 0 Å². The van der Waals surface area contributed by atoms with Crippen molar-refractivity contribution in [1.82, 2.24) is 15.2 Å². The van der Waals surface area contributed by atoms with Crippen molar-refractivity contribution in [3.8, 4) is 5.75 Å². The summed E-state index contributed by atoms with van der Waals surface area (Å²) < 4.78 is 18.1. The Balaban J connectivity index is 2.17. The molecule has 0 bridgehead atoms. The maximum absolute atomic E-state index is 12.9. The lowest BCUT2D eigenvalue weighted by Gasteiger charge is -2.23. The summed E-state index contributed by atoms with van der Waals surface area (Å²) >= 11 is 0. The maximum Gasteiger partial charge on any atom is 0.270 e. The van der Waals surface area contributed by atoms with Gasteiger partial charge in [-0.3, -0.25) is 4.79 Å². The van der Waals surface area contributed by atoms with E-state index in [-0.39, 0.29) is 17.6 Å². The second-order valence-corrected chi connectivity index (χ2v) is 5.42. The van der Waals surface area contributed by atoms with E-state index < -0.39 is 5.82 Å². The number of carbonyl (C=O) groups excluding carboxylic acids is 1. The van der Waals surface area contributed by atoms with Crippen LogP contribution >= 0.6 is 0 Å². The van der Waals surface area contributed by atoms with Crippen LogP contribution in [0.4, 0.5) is 4.39 Å². The van der Waals surface area contributed by atoms with Crippen molar-refractivity contribution in [1.29, 1.82) is 0 Å². The Morgan fingerprint density at radius 2 is 1.96 bits per heavy atom. The smallest absolute Gasteiger partial charge is 0.270 e. The molecule has 0 aliphatic carbocycles. The monoisotopic (exact) mass is 317 g/mol. The van der Waals surface area contributed by atoms with Crippen LogP contribution in [-0.2, 0) is 0 Å². The highest BCUT2D eigenvalue weighted by Gasteiger charge is 2.17. The molecule has 1 atom stereocenters. The molecule has 23 heavy (non-hydrogen) atoms. The van der Waals surface area contributed by atoms with Crippen LogP contribution in [0.15, 0.2) is 42.6 Å². The van der Waals surface area contributed by atoms with Crippen molar-refractivity contribution in [2.75, 3.05) is 27.7 Å². The molecule has 0 aliphatic rings. The van der Waals surface area contributed by atoms with Crippen LogP contribution in [0.25, 0.3) is 0 Å². The Bertz CT molecular complexity index is 642. The minimum atomic E-state index is -0.471. The molecule has 0 spiro atoms. The molecular weight excluding hydrogens is 297 g/mol. The van der Waals surface area contributed by atoms with Crippen molar-refractivity contribution in [3.05, 3.63) is 59.7 Å². The molecule has 0 aliphatic heterocycles. The Labute approximate surface area is 135 Å². The number of nitrogens with zero attached hydrogens (tertiary/aromatic N) is 2. The van der Waals surface area contributed by atoms with Gasteiger partial charge in [-0.05, 0) is 43.9 Å². The van der Waals surface area contributed by atoms with Crippen LogP contribution in [0.1, 0.15) is 22.1 Å². The van der Waals surface area contributed by atoms with Gasteiger partial charge in [0.2, 0.25) is 0 Å². The topological polar surface area (TPSA) is 54.5 Å². The number of methoxy groups -OCH3 is 1. The van der Waals surface area contributed by atoms with Gasteiger partial charge < -0.3 is 15.0 Å². The van der Waals surface area contributed by atoms with Gasteiger partial charge >= 0.3 is 0 Å². The fraction of sp³-hybridized carbons (Fsp3) is 0.294. The van der Waals surface area contributed by atoms with E-state index in [0.29, 0.717) is 6.54 Å². The second kappa shape index (κ2) is 7.69. The molecule has 0 radical (unpaired) electrons. The number of aromatic nitrogens is 1. The van der Waals surface area contributed by atoms with Crippen molar-refractivity contribution >= 4 is 5.91 Å². The number of halogens is 1. The number of nitrogens with one attached hydrogen (secondary N) is 1. The normalized spacial score (nSPS) is 12.0. The van der Waals surface area contributed by atoms with E-state index >= 15 is 0 Å². The number of likely N-dealkylation sites (N-methyl/N-ethyl adjacent to an activating group) is 1. The third kappa shape index (κ3) is 4.75. The molecule has 0 unspecified atom stereocenters. The largest absolute Gasteiger partial charge is 0.497 e. The lowest BCUT2D eigenvalue weighted by Crippen LogP contribution is -2.35. The third-order valence-electron chi connectivity index (χ3n) is 3.33. The van der Waals surface area contributed by atoms with E-state index in [9.17, 15) is 9.18 Å². The van der Waals surface area contributed by atoms with E-state index in [1.807, 2.05) is 43.3 Å². The van der Waals surface area contributed by atoms with Crippen molar-refractivity contribution in [2.24, 2.45) is 0 Å². The summed E-state index contributed by atoms with van der Waals surface area (Å²) in [5.41, 5.74) is 1.14. The predicted octanol–water partition coefficient (Wildman–Crippen LogP) is 2.26. The van der Waals surface area contributed by atoms with E-state index in [1.54, 1.807) is 7.11 Å². The van der Waals surface area contributed by atoms with Gasteiger partial charge in [-0.1, -0.05) is 12.1 Å². The van der Waals surface area contributed by atoms with Gasteiger partial charge in [0.25, 0.3) is 5.91 Å². The van der Waals surface area contributed by atoms with Crippen LogP contribution in [0, 0.1) is 5.82 Å². The Hall–Kier alpha value is -2.47. The summed E-state index contributed by atoms with van der Waals surface area (Å²) in [6, 6.07) is 9.88. The minimum Gasteiger partial charge on any atom is -0.497 e. The lowest BCUT2D eigenvalue weighted by atomic mass is 10.1. The van der Waals surface area contributed by atoms with Gasteiger partial charge in [-0.2, -0.15) is 0 Å². The van der Waals surface area contributed by atoms with Crippen molar-refractivity contribution < 1.29 is 13.9 Å². The molecule has 2 rings (SSSR count). The molecule has 1 aromatic heterocycles. The molecule has 0 saturated carbocycles. The minimum absolute atomic E-state index is 0.184. The number of amides is 1. The molecular formula is C17H20FN3O2. The highest BCUT2D eigenvalue weighted by atomic mass is 19.1. The van der Waals surface area contributed by atoms with Gasteiger partial charge in [0, 0.05) is 6.54 Å². The fourth-order valence-electron chi connectivity index (χ4n) is 2.18. The molecule has 1 heterocycles. The molecule has 2 aromatic rings. The van der Waals surface area contributed by atoms with Crippen molar-refractivity contribution in [3.63, 3.8) is 0 Å². The molecule has 1 amide bonds. The summed E-state index contributed by atoms with van der Waals surface area (Å²) in [6.07, 6.45) is 1.03. The summed E-state index contributed by atoms with van der Waals surface area (Å²) in [6.45, 7) is 0.624. The number of pyridine rings is 1. The molecule has 6 heteroatoms. The van der Waals surface area contributed by atoms with Gasteiger partial charge in [0.05, 0.1) is 19.3 Å². The lowest BCUT2D eigenvalue weighted by molar-refractivity contribution is 0.0925. The average Bonchev–Trinajstić information content (AvgIpc) is 2.54. The zero-order valence-corrected chi connectivity index (χ0v) is 13.4. The summed E-state index contributed by atoms with van der Waals surface area (Å²) in [5.74, 6) is -0.0573. The van der Waals surface area contributed by atoms with Gasteiger partial charge in [0.1, 0.15) is 17.3 Å². The molecule has 0 saturated heterocycles. The fourth-order valence-corrected chi connectivity index (χ4v) is 2.18. The van der Waals surface area contributed by atoms with E-state index in [1.165, 1.54) is 12.1 Å². The first-order chi connectivity index (χ1) is 11.0. The summed E-state index contributed by atoms with van der Waals surface area (Å²) in [7, 11) is 5.46. The summed E-state index contributed by atoms with van der Waals surface area (Å²) in [5, 5.41) is 2.93. The molecule has 5 nitrogen and oxygen atoms in total. The predicted molar refractivity (Wildman–Crippen MR) is 86.0 cm³/mol. The van der Waals surface area contributed by atoms with Gasteiger partial charge in [0.15, 0.2) is 0 Å². The van der Waals surface area contributed by atoms with Gasteiger partial charge in [-0.25, -0.2) is 9.37 Å². The number of rotatable bonds is 6. The van der Waals surface area contributed by atoms with Crippen molar-refractivity contribution in [2.45, 2.75) is 6.04 Å². The average molecular weight is 317 g/mol. The van der Waals surface area contributed by atoms with E-state index in [4.69, 9.17) is 4.74 Å². The number of carbonyl (C=O) groups is 1. The number of hydrogen-bond acceptors (Lipinski definition) is 4. The van der Waals surface area contributed by atoms with E-state index in [2.05, 4.69) is 10.3 Å². The highest BCUT2D eigenvalue weighted by molar-refractivity contribution is 5.92. The SMILES string of the molecule is COc1ccc([C@@H](CN(C)C)NC(=O)c2ccc(F)cn2)cc1. The second-order valence-electron chi connectivity index (χ2n) is 5.42. The molecule has 1 N–H and O–H groups in total. The van der Waals surface area contributed by atoms with Crippen LogP contribution in [0.2, 0.25) is 0 Å². The third-order valence-corrected chi connectivity index (χ3v) is 3.33. The quantitative estimate of drug-likeness (QED) is 0.888. The number of hydrogen-bond donors (Lipinski definition) is 1. The van der Waals surface area contributed by atoms with E-state index in [0.717, 1.165) is 17.5 Å². The van der Waals surface area contributed by atoms with Crippen LogP contribution in [0.5, 0.6) is 5.75 Å². The number of benzene rings is 1. The summed E-state index contributed by atoms with van der Waals surface area (Å²) in [4.78, 5) is 18.1. The first-order valence-corrected chi connectivity index (χ1v) is 7.20. The van der Waals surface area contributed by atoms with Crippen LogP contribution < -0.4 is 10.1 Å². The Kier molecular flexibility index (Phi) is 5.65. The highest BCUT2D eigenvalue weighted by Crippen LogP contribution is 2.18. The maximum atomic E-state index is 12.9. The number of ether oxygens (including phenoxy) is 1. The van der Waals surface area contributed by atoms with Crippen LogP contribution in [0.3, 0.4) is 0 Å². The first-order valence-electron chi connectivity index (χ1n) is 7.20. The molecule has 0 fully saturated rings. The Morgan fingerprint density at radius 1 is 1.26 bits per heavy atom. The standard InChI is InChI=1S/C17H20FN3O2/c1-21(2)11-16(12-4-7-14(23-3)8-5-12)20-17(22)15-9-6-13(18)10-19-15/h4-10,16H,11H2,1-3H3,(H,20,22)/t16-/m1/s1.